The van der Waals surface area contributed by atoms with Crippen LogP contribution >= 0.6 is 11.3 Å². The van der Waals surface area contributed by atoms with Crippen LogP contribution in [0, 0.1) is 6.92 Å². The molecule has 2 rings (SSSR count). The molecule has 0 aliphatic rings. The zero-order chi connectivity index (χ0) is 14.5. The molecule has 106 valence electrons. The molecular formula is C14H18N4OS. The van der Waals surface area contributed by atoms with Gasteiger partial charge in [-0.3, -0.25) is 4.79 Å². The lowest BCUT2D eigenvalue weighted by Crippen LogP contribution is -2.28. The Morgan fingerprint density at radius 1 is 1.45 bits per heavy atom. The second-order valence-electron chi connectivity index (χ2n) is 4.52. The molecule has 2 heterocycles. The van der Waals surface area contributed by atoms with Gasteiger partial charge in [0.15, 0.2) is 0 Å². The molecule has 0 saturated carbocycles. The predicted molar refractivity (Wildman–Crippen MR) is 81.3 cm³/mol. The molecule has 0 atom stereocenters. The lowest BCUT2D eigenvalue weighted by atomic mass is 10.2. The summed E-state index contributed by atoms with van der Waals surface area (Å²) >= 11 is 1.64. The van der Waals surface area contributed by atoms with E-state index >= 15 is 0 Å². The van der Waals surface area contributed by atoms with Gasteiger partial charge in [0.2, 0.25) is 0 Å². The van der Waals surface area contributed by atoms with E-state index in [9.17, 15) is 4.79 Å². The van der Waals surface area contributed by atoms with Gasteiger partial charge in [0, 0.05) is 43.7 Å². The van der Waals surface area contributed by atoms with Crippen LogP contribution in [0.5, 0.6) is 0 Å². The number of likely N-dealkylation sites (N-methyl/N-ethyl adjacent to an activating group) is 1. The fourth-order valence-corrected chi connectivity index (χ4v) is 2.63. The van der Waals surface area contributed by atoms with E-state index in [-0.39, 0.29) is 5.91 Å². The molecule has 1 amide bonds. The predicted octanol–water partition coefficient (Wildman–Crippen LogP) is 2.20. The van der Waals surface area contributed by atoms with E-state index < -0.39 is 0 Å². The van der Waals surface area contributed by atoms with Crippen molar-refractivity contribution in [3.63, 3.8) is 0 Å². The lowest BCUT2D eigenvalue weighted by molar-refractivity contribution is 0.0796. The van der Waals surface area contributed by atoms with Gasteiger partial charge < -0.3 is 10.2 Å². The van der Waals surface area contributed by atoms with Gasteiger partial charge in [0.25, 0.3) is 5.91 Å². The van der Waals surface area contributed by atoms with Crippen molar-refractivity contribution < 1.29 is 4.79 Å². The van der Waals surface area contributed by atoms with E-state index in [4.69, 9.17) is 0 Å². The van der Waals surface area contributed by atoms with Gasteiger partial charge in [0.1, 0.15) is 5.82 Å². The summed E-state index contributed by atoms with van der Waals surface area (Å²) in [5.74, 6) is 0.702. The first kappa shape index (κ1) is 14.5. The van der Waals surface area contributed by atoms with Crippen LogP contribution in [0.2, 0.25) is 0 Å². The molecule has 1 N–H and O–H groups in total. The molecule has 0 spiro atoms. The molecule has 0 unspecified atom stereocenters. The highest BCUT2D eigenvalue weighted by Crippen LogP contribution is 2.14. The minimum absolute atomic E-state index is 0.00562. The van der Waals surface area contributed by atoms with Crippen LogP contribution in [0.15, 0.2) is 23.8 Å². The van der Waals surface area contributed by atoms with Crippen molar-refractivity contribution in [2.45, 2.75) is 13.3 Å². The van der Waals surface area contributed by atoms with Gasteiger partial charge >= 0.3 is 0 Å². The Morgan fingerprint density at radius 3 is 2.90 bits per heavy atom. The summed E-state index contributed by atoms with van der Waals surface area (Å²) in [7, 11) is 3.60. The van der Waals surface area contributed by atoms with Crippen molar-refractivity contribution in [1.82, 2.24) is 14.9 Å². The number of hydrogen-bond donors (Lipinski definition) is 1. The van der Waals surface area contributed by atoms with E-state index in [1.807, 2.05) is 19.5 Å². The Kier molecular flexibility index (Phi) is 4.68. The standard InChI is InChI=1S/C14H18N4OS/c1-10-12(20-9-17-10)5-7-18(3)14(19)11-4-6-16-13(8-11)15-2/h4,6,8-9H,5,7H2,1-3H3,(H,15,16). The highest BCUT2D eigenvalue weighted by atomic mass is 32.1. The van der Waals surface area contributed by atoms with Crippen molar-refractivity contribution in [3.8, 4) is 0 Å². The number of anilines is 1. The van der Waals surface area contributed by atoms with Crippen LogP contribution in [-0.2, 0) is 6.42 Å². The molecule has 2 aromatic rings. The monoisotopic (exact) mass is 290 g/mol. The summed E-state index contributed by atoms with van der Waals surface area (Å²) in [5, 5.41) is 2.93. The summed E-state index contributed by atoms with van der Waals surface area (Å²) in [6.07, 6.45) is 2.48. The molecule has 0 saturated heterocycles. The van der Waals surface area contributed by atoms with Gasteiger partial charge in [-0.05, 0) is 19.1 Å². The number of hydrogen-bond acceptors (Lipinski definition) is 5. The molecular weight excluding hydrogens is 272 g/mol. The zero-order valence-corrected chi connectivity index (χ0v) is 12.7. The first-order valence-corrected chi connectivity index (χ1v) is 7.28. The van der Waals surface area contributed by atoms with Crippen LogP contribution in [0.1, 0.15) is 20.9 Å². The number of nitrogens with one attached hydrogen (secondary N) is 1. The van der Waals surface area contributed by atoms with Crippen molar-refractivity contribution in [3.05, 3.63) is 40.0 Å². The lowest BCUT2D eigenvalue weighted by Gasteiger charge is -2.17. The molecule has 6 heteroatoms. The summed E-state index contributed by atoms with van der Waals surface area (Å²) < 4.78 is 0. The van der Waals surface area contributed by atoms with E-state index in [0.717, 1.165) is 12.1 Å². The number of carbonyl (C=O) groups excluding carboxylic acids is 1. The number of thiazole rings is 1. The third-order valence-electron chi connectivity index (χ3n) is 3.13. The Bertz CT molecular complexity index is 596. The normalized spacial score (nSPS) is 10.3. The maximum absolute atomic E-state index is 12.3. The number of rotatable bonds is 5. The first-order chi connectivity index (χ1) is 9.61. The maximum atomic E-state index is 12.3. The first-order valence-electron chi connectivity index (χ1n) is 6.40. The second kappa shape index (κ2) is 6.47. The van der Waals surface area contributed by atoms with Crippen molar-refractivity contribution >= 4 is 23.1 Å². The Balaban J connectivity index is 1.99. The SMILES string of the molecule is CNc1cc(C(=O)N(C)CCc2scnc2C)ccn1. The summed E-state index contributed by atoms with van der Waals surface area (Å²) in [6, 6.07) is 3.49. The minimum Gasteiger partial charge on any atom is -0.373 e. The Labute approximate surface area is 122 Å². The van der Waals surface area contributed by atoms with Gasteiger partial charge in [-0.2, -0.15) is 0 Å². The molecule has 0 fully saturated rings. The molecule has 0 radical (unpaired) electrons. The summed E-state index contributed by atoms with van der Waals surface area (Å²) in [5.41, 5.74) is 3.54. The molecule has 20 heavy (non-hydrogen) atoms. The molecule has 0 aliphatic heterocycles. The molecule has 0 aliphatic carbocycles. The van der Waals surface area contributed by atoms with Crippen LogP contribution in [-0.4, -0.2) is 41.4 Å². The maximum Gasteiger partial charge on any atom is 0.253 e. The minimum atomic E-state index is 0.00562. The van der Waals surface area contributed by atoms with Gasteiger partial charge in [0.05, 0.1) is 11.2 Å². The second-order valence-corrected chi connectivity index (χ2v) is 5.46. The molecule has 5 nitrogen and oxygen atoms in total. The molecule has 0 aromatic carbocycles. The Morgan fingerprint density at radius 2 is 2.25 bits per heavy atom. The number of aromatic nitrogens is 2. The number of aryl methyl sites for hydroxylation is 1. The number of amides is 1. The van der Waals surface area contributed by atoms with E-state index in [1.54, 1.807) is 41.6 Å². The highest BCUT2D eigenvalue weighted by Gasteiger charge is 2.13. The van der Waals surface area contributed by atoms with Crippen LogP contribution < -0.4 is 5.32 Å². The number of carbonyl (C=O) groups is 1. The number of nitrogens with zero attached hydrogens (tertiary/aromatic N) is 3. The number of pyridine rings is 1. The third kappa shape index (κ3) is 3.33. The fourth-order valence-electron chi connectivity index (χ4n) is 1.86. The van der Waals surface area contributed by atoms with Crippen molar-refractivity contribution in [2.24, 2.45) is 0 Å². The topological polar surface area (TPSA) is 58.1 Å². The van der Waals surface area contributed by atoms with E-state index in [1.165, 1.54) is 4.88 Å². The fraction of sp³-hybridized carbons (Fsp3) is 0.357. The zero-order valence-electron chi connectivity index (χ0n) is 11.9. The largest absolute Gasteiger partial charge is 0.373 e. The van der Waals surface area contributed by atoms with Crippen LogP contribution in [0.4, 0.5) is 5.82 Å². The van der Waals surface area contributed by atoms with E-state index in [2.05, 4.69) is 15.3 Å². The average molecular weight is 290 g/mol. The molecule has 2 aromatic heterocycles. The average Bonchev–Trinajstić information content (AvgIpc) is 2.89. The van der Waals surface area contributed by atoms with Crippen LogP contribution in [0.25, 0.3) is 0 Å². The van der Waals surface area contributed by atoms with Crippen LogP contribution in [0.3, 0.4) is 0 Å². The van der Waals surface area contributed by atoms with Gasteiger partial charge in [-0.15, -0.1) is 11.3 Å². The third-order valence-corrected chi connectivity index (χ3v) is 4.12. The van der Waals surface area contributed by atoms with Crippen molar-refractivity contribution in [1.29, 1.82) is 0 Å². The van der Waals surface area contributed by atoms with Gasteiger partial charge in [-0.1, -0.05) is 0 Å². The quantitative estimate of drug-likeness (QED) is 0.917. The Hall–Kier alpha value is -1.95. The van der Waals surface area contributed by atoms with E-state index in [0.29, 0.717) is 17.9 Å². The summed E-state index contributed by atoms with van der Waals surface area (Å²) in [6.45, 7) is 2.68. The summed E-state index contributed by atoms with van der Waals surface area (Å²) in [4.78, 5) is 23.6. The molecule has 0 bridgehead atoms. The van der Waals surface area contributed by atoms with Crippen molar-refractivity contribution in [2.75, 3.05) is 26.0 Å². The van der Waals surface area contributed by atoms with Gasteiger partial charge in [-0.25, -0.2) is 9.97 Å². The smallest absolute Gasteiger partial charge is 0.253 e. The highest BCUT2D eigenvalue weighted by molar-refractivity contribution is 7.09.